The molecule has 0 fully saturated rings. The Bertz CT molecular complexity index is 4270. The van der Waals surface area contributed by atoms with Gasteiger partial charge in [-0.05, 0) is 174 Å². The summed E-state index contributed by atoms with van der Waals surface area (Å²) in [5.74, 6) is 0.281. The van der Waals surface area contributed by atoms with E-state index in [1.807, 2.05) is 0 Å². The van der Waals surface area contributed by atoms with Crippen molar-refractivity contribution in [2.45, 2.75) is 148 Å². The van der Waals surface area contributed by atoms with Crippen molar-refractivity contribution in [2.75, 3.05) is 0 Å². The average Bonchev–Trinajstić information content (AvgIpc) is 1.57. The summed E-state index contributed by atoms with van der Waals surface area (Å²) in [5.41, 5.74) is 31.9. The number of rotatable bonds is 27. The van der Waals surface area contributed by atoms with Crippen LogP contribution in [-0.2, 0) is 0 Å². The summed E-state index contributed by atoms with van der Waals surface area (Å²) in [6, 6.07) is 92.6. The molecular weight excluding hydrogens is 1090 g/mol. The Hall–Kier alpha value is -8.84. The van der Waals surface area contributed by atoms with Crippen LogP contribution >= 0.6 is 0 Å². The van der Waals surface area contributed by atoms with Gasteiger partial charge in [0.2, 0.25) is 0 Å². The zero-order valence-corrected chi connectivity index (χ0v) is 53.5. The van der Waals surface area contributed by atoms with Crippen molar-refractivity contribution in [3.8, 4) is 122 Å². The monoisotopic (exact) mass is 1180 g/mol. The van der Waals surface area contributed by atoms with E-state index in [1.54, 1.807) is 0 Å². The Balaban J connectivity index is 0.759. The molecule has 0 heteroatoms. The first-order chi connectivity index (χ1) is 45.2. The molecule has 0 saturated carbocycles. The van der Waals surface area contributed by atoms with Crippen molar-refractivity contribution >= 4 is 21.5 Å². The molecule has 12 aromatic rings. The molecule has 0 nitrogen and oxygen atoms in total. The van der Waals surface area contributed by atoms with Gasteiger partial charge in [-0.3, -0.25) is 0 Å². The van der Waals surface area contributed by atoms with Crippen molar-refractivity contribution in [3.05, 3.63) is 254 Å². The Morgan fingerprint density at radius 1 is 0.209 bits per heavy atom. The predicted octanol–water partition coefficient (Wildman–Crippen LogP) is 27.6. The maximum atomic E-state index is 2.63. The van der Waals surface area contributed by atoms with E-state index < -0.39 is 0 Å². The summed E-state index contributed by atoms with van der Waals surface area (Å²) in [6.07, 6.45) is 29.0. The Morgan fingerprint density at radius 3 is 0.857 bits per heavy atom. The second-order valence-corrected chi connectivity index (χ2v) is 26.7. The minimum atomic E-state index is 0.281. The second kappa shape index (κ2) is 26.9. The maximum absolute atomic E-state index is 2.63. The van der Waals surface area contributed by atoms with Crippen molar-refractivity contribution in [3.63, 3.8) is 0 Å². The first-order valence-corrected chi connectivity index (χ1v) is 35.2. The fraction of sp³-hybridized carbons (Fsp3) is 0.253. The fourth-order valence-electron chi connectivity index (χ4n) is 16.5. The molecule has 0 aliphatic heterocycles. The molecule has 15 rings (SSSR count). The molecule has 0 spiro atoms. The highest BCUT2D eigenvalue weighted by atomic mass is 14.4. The van der Waals surface area contributed by atoms with Gasteiger partial charge < -0.3 is 0 Å². The molecule has 0 amide bonds. The van der Waals surface area contributed by atoms with E-state index in [0.29, 0.717) is 0 Å². The third-order valence-electron chi connectivity index (χ3n) is 21.0. The Morgan fingerprint density at radius 2 is 0.505 bits per heavy atom. The third-order valence-corrected chi connectivity index (χ3v) is 21.0. The predicted molar refractivity (Wildman–Crippen MR) is 393 cm³/mol. The van der Waals surface area contributed by atoms with Crippen LogP contribution in [0.4, 0.5) is 0 Å². The largest absolute Gasteiger partial charge is 0.0654 e. The zero-order valence-electron chi connectivity index (χ0n) is 53.5. The van der Waals surface area contributed by atoms with Gasteiger partial charge in [0.05, 0.1) is 0 Å². The summed E-state index contributed by atoms with van der Waals surface area (Å²) in [5, 5.41) is 5.32. The molecular formula is C91H86. The number of fused-ring (bicyclic) bond motifs is 9. The van der Waals surface area contributed by atoms with E-state index in [2.05, 4.69) is 250 Å². The Labute approximate surface area is 542 Å². The van der Waals surface area contributed by atoms with Crippen molar-refractivity contribution in [1.82, 2.24) is 0 Å². The van der Waals surface area contributed by atoms with Crippen LogP contribution in [0.1, 0.15) is 159 Å². The minimum absolute atomic E-state index is 0.281. The zero-order chi connectivity index (χ0) is 60.9. The summed E-state index contributed by atoms with van der Waals surface area (Å²) >= 11 is 0. The van der Waals surface area contributed by atoms with Crippen molar-refractivity contribution < 1.29 is 0 Å². The highest BCUT2D eigenvalue weighted by molar-refractivity contribution is 6.26. The van der Waals surface area contributed by atoms with Crippen LogP contribution in [-0.4, -0.2) is 0 Å². The molecule has 3 aliphatic rings. The lowest BCUT2D eigenvalue weighted by Gasteiger charge is -2.19. The van der Waals surface area contributed by atoms with Crippen LogP contribution < -0.4 is 0 Å². The first kappa shape index (κ1) is 58.5. The fourth-order valence-corrected chi connectivity index (χ4v) is 16.5. The molecule has 0 saturated heterocycles. The van der Waals surface area contributed by atoms with Gasteiger partial charge in [0, 0.05) is 5.92 Å². The SMILES string of the molecule is CCCCCCCCCCCCCCCCCCCCCCC1c2cc(-c3ccc4cccc5c4c3-c3c(-c4ccccc4)ccc(-c4ccccc4)c3-5)ccc2-c2ccc(-c3ccc4cccc5c4c3-c3c(-c4ccccc4)ccc(-c4ccccc4)c3-5)cc21. The Kier molecular flexibility index (Phi) is 17.3. The lowest BCUT2D eigenvalue weighted by molar-refractivity contribution is 0.518. The molecule has 91 heavy (non-hydrogen) atoms. The van der Waals surface area contributed by atoms with Crippen LogP contribution in [0.25, 0.3) is 144 Å². The van der Waals surface area contributed by atoms with E-state index in [1.165, 1.54) is 283 Å². The molecule has 0 radical (unpaired) electrons. The molecule has 0 bridgehead atoms. The summed E-state index contributed by atoms with van der Waals surface area (Å²) in [6.45, 7) is 2.31. The van der Waals surface area contributed by atoms with Gasteiger partial charge in [-0.1, -0.05) is 366 Å². The molecule has 12 aromatic carbocycles. The topological polar surface area (TPSA) is 0 Å². The average molecular weight is 1180 g/mol. The number of unbranched alkanes of at least 4 members (excludes halogenated alkanes) is 19. The highest BCUT2D eigenvalue weighted by Crippen LogP contribution is 2.60. The van der Waals surface area contributed by atoms with Crippen LogP contribution in [0.3, 0.4) is 0 Å². The van der Waals surface area contributed by atoms with Gasteiger partial charge in [0.25, 0.3) is 0 Å². The van der Waals surface area contributed by atoms with E-state index in [9.17, 15) is 0 Å². The maximum Gasteiger partial charge on any atom is 0.0102 e. The minimum Gasteiger partial charge on any atom is -0.0654 e. The van der Waals surface area contributed by atoms with Crippen LogP contribution in [0.15, 0.2) is 243 Å². The van der Waals surface area contributed by atoms with Gasteiger partial charge in [-0.25, -0.2) is 0 Å². The second-order valence-electron chi connectivity index (χ2n) is 26.7. The number of benzene rings is 12. The normalized spacial score (nSPS) is 12.5. The summed E-state index contributed by atoms with van der Waals surface area (Å²) in [7, 11) is 0. The lowest BCUT2D eigenvalue weighted by atomic mass is 9.84. The van der Waals surface area contributed by atoms with Gasteiger partial charge in [0.1, 0.15) is 0 Å². The van der Waals surface area contributed by atoms with E-state index >= 15 is 0 Å². The number of hydrogen-bond donors (Lipinski definition) is 0. The van der Waals surface area contributed by atoms with Crippen molar-refractivity contribution in [1.29, 1.82) is 0 Å². The third kappa shape index (κ3) is 11.4. The van der Waals surface area contributed by atoms with Gasteiger partial charge in [0.15, 0.2) is 0 Å². The molecule has 0 unspecified atom stereocenters. The summed E-state index contributed by atoms with van der Waals surface area (Å²) < 4.78 is 0. The molecule has 0 atom stereocenters. The lowest BCUT2D eigenvalue weighted by Crippen LogP contribution is -1.99. The number of hydrogen-bond acceptors (Lipinski definition) is 0. The molecule has 3 aliphatic carbocycles. The van der Waals surface area contributed by atoms with E-state index in [4.69, 9.17) is 0 Å². The van der Waals surface area contributed by atoms with E-state index in [-0.39, 0.29) is 5.92 Å². The summed E-state index contributed by atoms with van der Waals surface area (Å²) in [4.78, 5) is 0. The van der Waals surface area contributed by atoms with Crippen LogP contribution in [0, 0.1) is 0 Å². The first-order valence-electron chi connectivity index (χ1n) is 35.2. The standard InChI is InChI=1S/C91H86/c1-2-3-4-5-6-7-8-9-10-11-12-13-14-15-16-17-18-19-20-33-46-77-82-61-69(75-53-49-67-44-34-47-80-84(67)88(75)90-73(65-40-29-23-30-41-65)59-57-71(86(80)90)63-36-25-21-26-37-63)51-55-78(82)79-56-52-70(62-83(77)79)76-54-50-68-45-35-48-81-85(68)89(76)91-74(66-42-31-24-32-43-66)60-58-72(87(81)91)64-38-27-22-28-39-64/h21-32,34-45,47-62,77H,2-20,33,46H2,1H3. The molecule has 0 N–H and O–H groups in total. The van der Waals surface area contributed by atoms with E-state index in [0.717, 1.165) is 6.42 Å². The highest BCUT2D eigenvalue weighted by Gasteiger charge is 2.35. The van der Waals surface area contributed by atoms with Crippen LogP contribution in [0.5, 0.6) is 0 Å². The molecule has 450 valence electrons. The van der Waals surface area contributed by atoms with Crippen LogP contribution in [0.2, 0.25) is 0 Å². The quantitative estimate of drug-likeness (QED) is 0.0450. The molecule has 0 aromatic heterocycles. The molecule has 0 heterocycles. The van der Waals surface area contributed by atoms with Gasteiger partial charge in [-0.15, -0.1) is 0 Å². The van der Waals surface area contributed by atoms with Gasteiger partial charge >= 0.3 is 0 Å². The smallest absolute Gasteiger partial charge is 0.0102 e. The van der Waals surface area contributed by atoms with Gasteiger partial charge in [-0.2, -0.15) is 0 Å². The van der Waals surface area contributed by atoms with Crippen molar-refractivity contribution in [2.24, 2.45) is 0 Å².